The van der Waals surface area contributed by atoms with E-state index in [4.69, 9.17) is 4.74 Å². The first-order valence-electron chi connectivity index (χ1n) is 3.88. The summed E-state index contributed by atoms with van der Waals surface area (Å²) in [6.07, 6.45) is 1.19. The molecule has 1 aliphatic rings. The second-order valence-corrected chi connectivity index (χ2v) is 2.97. The normalized spacial score (nSPS) is 28.5. The minimum Gasteiger partial charge on any atom is -0.349 e. The fourth-order valence-electron chi connectivity index (χ4n) is 1.01. The Hall–Kier alpha value is -0.870. The minimum absolute atomic E-state index is 0.360. The van der Waals surface area contributed by atoms with Crippen molar-refractivity contribution >= 4 is 5.91 Å². The number of hydrogen-bond donors (Lipinski definition) is 2. The van der Waals surface area contributed by atoms with Crippen LogP contribution in [0, 0.1) is 0 Å². The molecule has 0 aromatic carbocycles. The molecule has 12 heavy (non-hydrogen) atoms. The molecule has 0 spiro atoms. The zero-order chi connectivity index (χ0) is 9.19. The number of ether oxygens (including phenoxy) is 1. The van der Waals surface area contributed by atoms with Gasteiger partial charge in [0.2, 0.25) is 11.8 Å². The molecule has 0 aromatic heterocycles. The maximum absolute atomic E-state index is 11.1. The van der Waals surface area contributed by atoms with Gasteiger partial charge in [-0.25, -0.2) is 0 Å². The van der Waals surface area contributed by atoms with Crippen molar-refractivity contribution < 1.29 is 14.6 Å². The summed E-state index contributed by atoms with van der Waals surface area (Å²) in [5.41, 5.74) is 0.360. The number of carbonyl (C=O) groups is 1. The topological polar surface area (TPSA) is 58.6 Å². The molecule has 0 aromatic rings. The molecule has 0 radical (unpaired) electrons. The van der Waals surface area contributed by atoms with Crippen LogP contribution in [-0.2, 0) is 9.53 Å². The van der Waals surface area contributed by atoms with Crippen LogP contribution < -0.4 is 5.32 Å². The quantitative estimate of drug-likeness (QED) is 0.459. The van der Waals surface area contributed by atoms with E-state index in [1.54, 1.807) is 6.92 Å². The van der Waals surface area contributed by atoms with E-state index in [-0.39, 0.29) is 5.91 Å². The van der Waals surface area contributed by atoms with E-state index >= 15 is 0 Å². The highest BCUT2D eigenvalue weighted by molar-refractivity contribution is 5.92. The predicted molar refractivity (Wildman–Crippen MR) is 43.1 cm³/mol. The molecule has 0 bridgehead atoms. The van der Waals surface area contributed by atoms with Gasteiger partial charge in [0, 0.05) is 12.0 Å². The van der Waals surface area contributed by atoms with Crippen molar-refractivity contribution in [1.82, 2.24) is 5.32 Å². The summed E-state index contributed by atoms with van der Waals surface area (Å²) >= 11 is 0. The van der Waals surface area contributed by atoms with Crippen LogP contribution in [0.5, 0.6) is 0 Å². The van der Waals surface area contributed by atoms with E-state index in [0.717, 1.165) is 6.42 Å². The number of carbonyl (C=O) groups excluding carboxylic acids is 1. The van der Waals surface area contributed by atoms with Gasteiger partial charge >= 0.3 is 0 Å². The number of nitrogens with one attached hydrogen (secondary N) is 1. The Bertz CT molecular complexity index is 206. The third kappa shape index (κ3) is 2.06. The number of aliphatic hydroxyl groups is 1. The zero-order valence-electron chi connectivity index (χ0n) is 7.09. The second-order valence-electron chi connectivity index (χ2n) is 2.97. The lowest BCUT2D eigenvalue weighted by atomic mass is 10.2. The highest BCUT2D eigenvalue weighted by Crippen LogP contribution is 2.19. The summed E-state index contributed by atoms with van der Waals surface area (Å²) in [7, 11) is 0. The third-order valence-electron chi connectivity index (χ3n) is 1.70. The molecule has 1 atom stereocenters. The third-order valence-corrected chi connectivity index (χ3v) is 1.70. The lowest BCUT2D eigenvalue weighted by Gasteiger charge is -2.22. The van der Waals surface area contributed by atoms with Gasteiger partial charge in [-0.2, -0.15) is 0 Å². The van der Waals surface area contributed by atoms with Gasteiger partial charge < -0.3 is 15.2 Å². The van der Waals surface area contributed by atoms with Gasteiger partial charge in [-0.3, -0.25) is 4.79 Å². The van der Waals surface area contributed by atoms with E-state index in [0.29, 0.717) is 18.6 Å². The molecular formula is C8H13NO3. The molecular weight excluding hydrogens is 158 g/mol. The second kappa shape index (κ2) is 3.25. The molecule has 2 N–H and O–H groups in total. The van der Waals surface area contributed by atoms with Crippen molar-refractivity contribution in [3.05, 3.63) is 12.2 Å². The van der Waals surface area contributed by atoms with Gasteiger partial charge in [0.15, 0.2) is 0 Å². The van der Waals surface area contributed by atoms with Gasteiger partial charge in [0.25, 0.3) is 0 Å². The average Bonchev–Trinajstić information content (AvgIpc) is 2.35. The molecule has 0 saturated carbocycles. The Morgan fingerprint density at radius 3 is 2.83 bits per heavy atom. The molecule has 4 nitrogen and oxygen atoms in total. The molecule has 1 amide bonds. The van der Waals surface area contributed by atoms with E-state index in [1.165, 1.54) is 0 Å². The SMILES string of the molecule is C=C(C)C(=O)NC1(O)CCCO1. The fourth-order valence-corrected chi connectivity index (χ4v) is 1.01. The largest absolute Gasteiger partial charge is 0.349 e. The number of rotatable bonds is 2. The lowest BCUT2D eigenvalue weighted by molar-refractivity contribution is -0.194. The molecule has 68 valence electrons. The number of hydrogen-bond acceptors (Lipinski definition) is 3. The van der Waals surface area contributed by atoms with Crippen molar-refractivity contribution in [2.75, 3.05) is 6.61 Å². The van der Waals surface area contributed by atoms with Crippen LogP contribution in [0.15, 0.2) is 12.2 Å². The zero-order valence-corrected chi connectivity index (χ0v) is 7.09. The Labute approximate surface area is 71.2 Å². The van der Waals surface area contributed by atoms with Crippen molar-refractivity contribution in [1.29, 1.82) is 0 Å². The smallest absolute Gasteiger partial charge is 0.250 e. The summed E-state index contributed by atoms with van der Waals surface area (Å²) in [6.45, 7) is 5.51. The summed E-state index contributed by atoms with van der Waals surface area (Å²) in [5, 5.41) is 11.9. The summed E-state index contributed by atoms with van der Waals surface area (Å²) in [5.74, 6) is -1.84. The molecule has 0 aliphatic carbocycles. The first kappa shape index (κ1) is 9.22. The van der Waals surface area contributed by atoms with Crippen molar-refractivity contribution in [3.63, 3.8) is 0 Å². The van der Waals surface area contributed by atoms with Crippen molar-refractivity contribution in [2.45, 2.75) is 25.7 Å². The van der Waals surface area contributed by atoms with E-state index in [1.807, 2.05) is 0 Å². The van der Waals surface area contributed by atoms with E-state index in [9.17, 15) is 9.90 Å². The van der Waals surface area contributed by atoms with Crippen LogP contribution in [0.1, 0.15) is 19.8 Å². The highest BCUT2D eigenvalue weighted by atomic mass is 16.6. The predicted octanol–water partition coefficient (Wildman–Crippen LogP) is 0.135. The average molecular weight is 171 g/mol. The number of amides is 1. The van der Waals surface area contributed by atoms with Gasteiger partial charge in [-0.1, -0.05) is 6.58 Å². The highest BCUT2D eigenvalue weighted by Gasteiger charge is 2.34. The fraction of sp³-hybridized carbons (Fsp3) is 0.625. The van der Waals surface area contributed by atoms with E-state index < -0.39 is 5.91 Å². The van der Waals surface area contributed by atoms with Crippen molar-refractivity contribution in [2.24, 2.45) is 0 Å². The summed E-state index contributed by atoms with van der Waals surface area (Å²) in [6, 6.07) is 0. The van der Waals surface area contributed by atoms with Crippen LogP contribution >= 0.6 is 0 Å². The van der Waals surface area contributed by atoms with Gasteiger partial charge in [0.1, 0.15) is 0 Å². The molecule has 1 heterocycles. The Morgan fingerprint density at radius 1 is 1.75 bits per heavy atom. The van der Waals surface area contributed by atoms with Gasteiger partial charge in [0.05, 0.1) is 6.61 Å². The maximum Gasteiger partial charge on any atom is 0.250 e. The first-order valence-corrected chi connectivity index (χ1v) is 3.88. The van der Waals surface area contributed by atoms with Crippen molar-refractivity contribution in [3.8, 4) is 0 Å². The van der Waals surface area contributed by atoms with Crippen LogP contribution in [0.4, 0.5) is 0 Å². The van der Waals surface area contributed by atoms with Crippen LogP contribution in [0.3, 0.4) is 0 Å². The summed E-state index contributed by atoms with van der Waals surface area (Å²) in [4.78, 5) is 11.1. The molecule has 1 unspecified atom stereocenters. The Morgan fingerprint density at radius 2 is 2.42 bits per heavy atom. The standard InChI is InChI=1S/C8H13NO3/c1-6(2)7(10)9-8(11)4-3-5-12-8/h11H,1,3-5H2,2H3,(H,9,10). The molecule has 1 rings (SSSR count). The lowest BCUT2D eigenvalue weighted by Crippen LogP contribution is -2.48. The van der Waals surface area contributed by atoms with Gasteiger partial charge in [-0.15, -0.1) is 0 Å². The minimum atomic E-state index is -1.46. The molecule has 1 saturated heterocycles. The van der Waals surface area contributed by atoms with Crippen LogP contribution in [0.2, 0.25) is 0 Å². The first-order chi connectivity index (χ1) is 5.53. The molecule has 4 heteroatoms. The van der Waals surface area contributed by atoms with Gasteiger partial charge in [-0.05, 0) is 13.3 Å². The Kier molecular flexibility index (Phi) is 2.49. The van der Waals surface area contributed by atoms with E-state index in [2.05, 4.69) is 11.9 Å². The van der Waals surface area contributed by atoms with Crippen LogP contribution in [-0.4, -0.2) is 23.5 Å². The molecule has 1 aliphatic heterocycles. The maximum atomic E-state index is 11.1. The Balaban J connectivity index is 2.49. The monoisotopic (exact) mass is 171 g/mol. The van der Waals surface area contributed by atoms with Crippen LogP contribution in [0.25, 0.3) is 0 Å². The molecule has 1 fully saturated rings. The summed E-state index contributed by atoms with van der Waals surface area (Å²) < 4.78 is 4.94.